The number of halogens is 3. The van der Waals surface area contributed by atoms with Gasteiger partial charge in [0.2, 0.25) is 0 Å². The fraction of sp³-hybridized carbons (Fsp3) is 0.0476. The van der Waals surface area contributed by atoms with Crippen LogP contribution in [0.3, 0.4) is 0 Å². The van der Waals surface area contributed by atoms with Gasteiger partial charge in [-0.05, 0) is 42.0 Å². The number of nitrogens with zero attached hydrogens (tertiary/aromatic N) is 3. The van der Waals surface area contributed by atoms with E-state index in [0.29, 0.717) is 20.8 Å². The van der Waals surface area contributed by atoms with Crippen molar-refractivity contribution in [3.8, 4) is 17.1 Å². The minimum absolute atomic E-state index is 0.620. The van der Waals surface area contributed by atoms with Crippen molar-refractivity contribution in [3.05, 3.63) is 93.4 Å². The number of aromatic nitrogens is 3. The molecule has 28 heavy (non-hydrogen) atoms. The van der Waals surface area contributed by atoms with Gasteiger partial charge in [0.1, 0.15) is 0 Å². The normalized spacial score (nSPS) is 11.0. The van der Waals surface area contributed by atoms with Gasteiger partial charge in [-0.25, -0.2) is 0 Å². The monoisotopic (exact) mass is 445 g/mol. The highest BCUT2D eigenvalue weighted by Gasteiger charge is 2.16. The molecular weight excluding hydrogens is 433 g/mol. The molecule has 140 valence electrons. The summed E-state index contributed by atoms with van der Waals surface area (Å²) in [6.45, 7) is 0. The minimum Gasteiger partial charge on any atom is -0.270 e. The number of hydrogen-bond donors (Lipinski definition) is 0. The summed E-state index contributed by atoms with van der Waals surface area (Å²) in [5.41, 5.74) is 2.92. The Bertz CT molecular complexity index is 1100. The molecule has 0 aliphatic carbocycles. The van der Waals surface area contributed by atoms with Gasteiger partial charge in [-0.3, -0.25) is 4.57 Å². The maximum Gasteiger partial charge on any atom is 0.196 e. The number of rotatable bonds is 5. The molecule has 7 heteroatoms. The van der Waals surface area contributed by atoms with Crippen LogP contribution in [0.25, 0.3) is 17.1 Å². The van der Waals surface area contributed by atoms with E-state index in [-0.39, 0.29) is 0 Å². The van der Waals surface area contributed by atoms with E-state index in [4.69, 9.17) is 34.8 Å². The van der Waals surface area contributed by atoms with E-state index >= 15 is 0 Å². The van der Waals surface area contributed by atoms with Crippen molar-refractivity contribution in [2.45, 2.75) is 10.9 Å². The summed E-state index contributed by atoms with van der Waals surface area (Å²) in [7, 11) is 0. The van der Waals surface area contributed by atoms with E-state index in [1.54, 1.807) is 17.8 Å². The highest BCUT2D eigenvalue weighted by Crippen LogP contribution is 2.32. The zero-order chi connectivity index (χ0) is 19.5. The highest BCUT2D eigenvalue weighted by molar-refractivity contribution is 7.98. The summed E-state index contributed by atoms with van der Waals surface area (Å²) >= 11 is 19.9. The fourth-order valence-corrected chi connectivity index (χ4v) is 4.38. The number of hydrogen-bond acceptors (Lipinski definition) is 3. The topological polar surface area (TPSA) is 30.7 Å². The molecule has 4 aromatic rings. The predicted octanol–water partition coefficient (Wildman–Crippen LogP) is 7.19. The first-order valence-electron chi connectivity index (χ1n) is 8.45. The molecule has 3 nitrogen and oxygen atoms in total. The standard InChI is InChI=1S/C21H14Cl3N3S/c22-16-8-10-18(11-9-16)27-20(14-4-2-1-3-5-14)25-26-21(27)28-13-15-6-7-17(23)12-19(15)24/h1-12H,13H2. The van der Waals surface area contributed by atoms with Crippen LogP contribution in [0.1, 0.15) is 5.56 Å². The second-order valence-electron chi connectivity index (χ2n) is 6.01. The van der Waals surface area contributed by atoms with Crippen molar-refractivity contribution < 1.29 is 0 Å². The van der Waals surface area contributed by atoms with Crippen LogP contribution in [-0.4, -0.2) is 14.8 Å². The zero-order valence-corrected chi connectivity index (χ0v) is 17.6. The van der Waals surface area contributed by atoms with Gasteiger partial charge in [0, 0.05) is 32.1 Å². The van der Waals surface area contributed by atoms with Crippen LogP contribution >= 0.6 is 46.6 Å². The maximum absolute atomic E-state index is 6.32. The van der Waals surface area contributed by atoms with Crippen LogP contribution in [0.4, 0.5) is 0 Å². The molecule has 0 radical (unpaired) electrons. The van der Waals surface area contributed by atoms with Gasteiger partial charge in [0.05, 0.1) is 0 Å². The van der Waals surface area contributed by atoms with E-state index in [2.05, 4.69) is 10.2 Å². The second kappa shape index (κ2) is 8.58. The Morgan fingerprint density at radius 1 is 0.786 bits per heavy atom. The average molecular weight is 447 g/mol. The minimum atomic E-state index is 0.620. The lowest BCUT2D eigenvalue weighted by atomic mass is 10.2. The van der Waals surface area contributed by atoms with Crippen LogP contribution < -0.4 is 0 Å². The molecule has 1 aromatic heterocycles. The Morgan fingerprint density at radius 3 is 2.21 bits per heavy atom. The predicted molar refractivity (Wildman–Crippen MR) is 118 cm³/mol. The van der Waals surface area contributed by atoms with Crippen LogP contribution in [0, 0.1) is 0 Å². The molecule has 0 amide bonds. The molecule has 0 N–H and O–H groups in total. The molecule has 0 fully saturated rings. The SMILES string of the molecule is Clc1ccc(-n2c(SCc3ccc(Cl)cc3Cl)nnc2-c2ccccc2)cc1. The van der Waals surface area contributed by atoms with Crippen molar-refractivity contribution >= 4 is 46.6 Å². The largest absolute Gasteiger partial charge is 0.270 e. The molecule has 0 unspecified atom stereocenters. The Morgan fingerprint density at radius 2 is 1.50 bits per heavy atom. The van der Waals surface area contributed by atoms with E-state index in [0.717, 1.165) is 27.8 Å². The molecule has 0 aliphatic heterocycles. The van der Waals surface area contributed by atoms with Gasteiger partial charge < -0.3 is 0 Å². The molecule has 0 atom stereocenters. The van der Waals surface area contributed by atoms with Gasteiger partial charge in [0.25, 0.3) is 0 Å². The van der Waals surface area contributed by atoms with Crippen molar-refractivity contribution in [2.75, 3.05) is 0 Å². The van der Waals surface area contributed by atoms with Crippen molar-refractivity contribution in [1.82, 2.24) is 14.8 Å². The molecule has 4 rings (SSSR count). The maximum atomic E-state index is 6.32. The van der Waals surface area contributed by atoms with Crippen molar-refractivity contribution in [3.63, 3.8) is 0 Å². The summed E-state index contributed by atoms with van der Waals surface area (Å²) in [5.74, 6) is 1.42. The van der Waals surface area contributed by atoms with Crippen LogP contribution in [0.5, 0.6) is 0 Å². The Labute approximate surface area is 182 Å². The van der Waals surface area contributed by atoms with Crippen molar-refractivity contribution in [2.24, 2.45) is 0 Å². The molecule has 0 spiro atoms. The zero-order valence-electron chi connectivity index (χ0n) is 14.5. The third kappa shape index (κ3) is 4.20. The lowest BCUT2D eigenvalue weighted by Gasteiger charge is -2.11. The summed E-state index contributed by atoms with van der Waals surface area (Å²) in [6, 6.07) is 23.1. The molecule has 0 saturated heterocycles. The van der Waals surface area contributed by atoms with Crippen LogP contribution in [-0.2, 0) is 5.75 Å². The second-order valence-corrected chi connectivity index (χ2v) is 8.23. The van der Waals surface area contributed by atoms with E-state index < -0.39 is 0 Å². The number of benzene rings is 3. The third-order valence-corrected chi connectivity index (χ3v) is 5.94. The molecule has 0 aliphatic rings. The first-order chi connectivity index (χ1) is 13.6. The third-order valence-electron chi connectivity index (χ3n) is 4.12. The van der Waals surface area contributed by atoms with Crippen LogP contribution in [0.2, 0.25) is 15.1 Å². The summed E-state index contributed by atoms with van der Waals surface area (Å²) in [6.07, 6.45) is 0. The first kappa shape index (κ1) is 19.3. The summed E-state index contributed by atoms with van der Waals surface area (Å²) in [5, 5.41) is 11.6. The van der Waals surface area contributed by atoms with Crippen molar-refractivity contribution in [1.29, 1.82) is 0 Å². The molecule has 3 aromatic carbocycles. The van der Waals surface area contributed by atoms with Crippen LogP contribution in [0.15, 0.2) is 78.0 Å². The van der Waals surface area contributed by atoms with Gasteiger partial charge in [-0.15, -0.1) is 10.2 Å². The summed E-state index contributed by atoms with van der Waals surface area (Å²) in [4.78, 5) is 0. The fourth-order valence-electron chi connectivity index (χ4n) is 2.74. The van der Waals surface area contributed by atoms with Gasteiger partial charge in [-0.1, -0.05) is 83.0 Å². The Hall–Kier alpha value is -1.98. The van der Waals surface area contributed by atoms with E-state index in [9.17, 15) is 0 Å². The molecular formula is C21H14Cl3N3S. The number of thioether (sulfide) groups is 1. The molecule has 1 heterocycles. The quantitative estimate of drug-likeness (QED) is 0.304. The highest BCUT2D eigenvalue weighted by atomic mass is 35.5. The Kier molecular flexibility index (Phi) is 5.93. The average Bonchev–Trinajstić information content (AvgIpc) is 3.12. The van der Waals surface area contributed by atoms with Gasteiger partial charge in [-0.2, -0.15) is 0 Å². The first-order valence-corrected chi connectivity index (χ1v) is 10.6. The Balaban J connectivity index is 1.72. The smallest absolute Gasteiger partial charge is 0.196 e. The summed E-state index contributed by atoms with van der Waals surface area (Å²) < 4.78 is 2.03. The van der Waals surface area contributed by atoms with E-state index in [1.807, 2.05) is 71.3 Å². The molecule has 0 bridgehead atoms. The van der Waals surface area contributed by atoms with E-state index in [1.165, 1.54) is 0 Å². The molecule has 0 saturated carbocycles. The lowest BCUT2D eigenvalue weighted by Crippen LogP contribution is -1.99. The van der Waals surface area contributed by atoms with Gasteiger partial charge in [0.15, 0.2) is 11.0 Å². The van der Waals surface area contributed by atoms with Gasteiger partial charge >= 0.3 is 0 Å². The lowest BCUT2D eigenvalue weighted by molar-refractivity contribution is 0.886.